The van der Waals surface area contributed by atoms with E-state index in [2.05, 4.69) is 9.97 Å². The first-order chi connectivity index (χ1) is 8.76. The van der Waals surface area contributed by atoms with E-state index in [1.807, 2.05) is 20.8 Å². The summed E-state index contributed by atoms with van der Waals surface area (Å²) in [6.07, 6.45) is -2.49. The first kappa shape index (κ1) is 16.0. The van der Waals surface area contributed by atoms with Crippen LogP contribution in [0, 0.1) is 0 Å². The van der Waals surface area contributed by atoms with E-state index in [1.54, 1.807) is 0 Å². The smallest absolute Gasteiger partial charge is 0.347 e. The Morgan fingerprint density at radius 1 is 1.32 bits per heavy atom. The van der Waals surface area contributed by atoms with Gasteiger partial charge in [-0.1, -0.05) is 32.4 Å². The van der Waals surface area contributed by atoms with Crippen molar-refractivity contribution in [3.05, 3.63) is 17.0 Å². The van der Waals surface area contributed by atoms with E-state index in [1.165, 1.54) is 11.2 Å². The van der Waals surface area contributed by atoms with E-state index < -0.39 is 12.7 Å². The Morgan fingerprint density at radius 3 is 2.42 bits per heavy atom. The van der Waals surface area contributed by atoms with Crippen LogP contribution in [0.5, 0.6) is 0 Å². The van der Waals surface area contributed by atoms with Gasteiger partial charge in [0.25, 0.3) is 0 Å². The summed E-state index contributed by atoms with van der Waals surface area (Å²) < 4.78 is 37.9. The van der Waals surface area contributed by atoms with Gasteiger partial charge in [0.05, 0.1) is 0 Å². The lowest BCUT2D eigenvalue weighted by Crippen LogP contribution is -2.36. The van der Waals surface area contributed by atoms with Crippen molar-refractivity contribution in [1.82, 2.24) is 9.97 Å². The van der Waals surface area contributed by atoms with Gasteiger partial charge in [-0.2, -0.15) is 13.2 Å². The highest BCUT2D eigenvalue weighted by Crippen LogP contribution is 2.32. The van der Waals surface area contributed by atoms with Gasteiger partial charge in [-0.3, -0.25) is 0 Å². The van der Waals surface area contributed by atoms with Gasteiger partial charge >= 0.3 is 6.18 Å². The number of anilines is 1. The van der Waals surface area contributed by atoms with Gasteiger partial charge in [-0.05, 0) is 12.3 Å². The third kappa shape index (κ3) is 4.53. The Balaban J connectivity index is 3.18. The van der Waals surface area contributed by atoms with Crippen molar-refractivity contribution >= 4 is 17.4 Å². The monoisotopic (exact) mass is 295 g/mol. The summed E-state index contributed by atoms with van der Waals surface area (Å²) in [6.45, 7) is 4.76. The van der Waals surface area contributed by atoms with E-state index in [0.717, 1.165) is 0 Å². The van der Waals surface area contributed by atoms with Gasteiger partial charge < -0.3 is 4.90 Å². The van der Waals surface area contributed by atoms with Crippen molar-refractivity contribution in [1.29, 1.82) is 0 Å². The third-order valence-corrected chi connectivity index (χ3v) is 2.86. The summed E-state index contributed by atoms with van der Waals surface area (Å²) in [5.41, 5.74) is 0.557. The lowest BCUT2D eigenvalue weighted by molar-refractivity contribution is -0.119. The third-order valence-electron chi connectivity index (χ3n) is 2.55. The van der Waals surface area contributed by atoms with Crippen LogP contribution in [0.15, 0.2) is 6.33 Å². The Labute approximate surface area is 115 Å². The molecule has 108 valence electrons. The highest BCUT2D eigenvalue weighted by atomic mass is 35.5. The van der Waals surface area contributed by atoms with Crippen LogP contribution >= 0.6 is 11.6 Å². The summed E-state index contributed by atoms with van der Waals surface area (Å²) in [7, 11) is 0. The topological polar surface area (TPSA) is 29.0 Å². The summed E-state index contributed by atoms with van der Waals surface area (Å²) in [6, 6.07) is 0. The normalized spacial score (nSPS) is 12.0. The average Bonchev–Trinajstić information content (AvgIpc) is 2.25. The molecule has 0 saturated heterocycles. The Hall–Kier alpha value is -1.04. The Bertz CT molecular complexity index is 421. The average molecular weight is 296 g/mol. The Kier molecular flexibility index (Phi) is 5.40. The van der Waals surface area contributed by atoms with Gasteiger partial charge in [0.2, 0.25) is 0 Å². The zero-order valence-corrected chi connectivity index (χ0v) is 11.9. The van der Waals surface area contributed by atoms with Crippen molar-refractivity contribution < 1.29 is 13.2 Å². The maximum Gasteiger partial charge on any atom is 0.405 e. The molecule has 0 N–H and O–H groups in total. The molecule has 0 bridgehead atoms. The van der Waals surface area contributed by atoms with Gasteiger partial charge in [0, 0.05) is 12.1 Å². The zero-order valence-electron chi connectivity index (χ0n) is 11.1. The number of hydrogen-bond donors (Lipinski definition) is 0. The van der Waals surface area contributed by atoms with Crippen LogP contribution in [-0.4, -0.2) is 29.2 Å². The molecule has 0 unspecified atom stereocenters. The fourth-order valence-corrected chi connectivity index (χ4v) is 2.21. The van der Waals surface area contributed by atoms with Crippen LogP contribution in [-0.2, 0) is 0 Å². The molecular formula is C12H17ClF3N3. The molecule has 1 aromatic rings. The molecule has 0 aliphatic carbocycles. The molecule has 0 saturated carbocycles. The largest absolute Gasteiger partial charge is 0.405 e. The maximum atomic E-state index is 12.6. The van der Waals surface area contributed by atoms with Crippen LogP contribution in [0.25, 0.3) is 0 Å². The fraction of sp³-hybridized carbons (Fsp3) is 0.667. The highest BCUT2D eigenvalue weighted by molar-refractivity contribution is 6.30. The molecule has 1 heterocycles. The second kappa shape index (κ2) is 6.41. The summed E-state index contributed by atoms with van der Waals surface area (Å²) in [4.78, 5) is 9.05. The summed E-state index contributed by atoms with van der Waals surface area (Å²) >= 11 is 5.98. The minimum absolute atomic E-state index is 0.0451. The van der Waals surface area contributed by atoms with E-state index in [-0.39, 0.29) is 23.4 Å². The highest BCUT2D eigenvalue weighted by Gasteiger charge is 2.32. The molecule has 19 heavy (non-hydrogen) atoms. The molecule has 1 aromatic heterocycles. The standard InChI is InChI=1S/C12H17ClF3N3/c1-4-5-19(6-12(14,15)16)11-9(8(2)3)10(13)17-7-18-11/h7-8H,4-6H2,1-3H3. The maximum absolute atomic E-state index is 12.6. The molecule has 0 spiro atoms. The molecular weight excluding hydrogens is 279 g/mol. The molecule has 0 aliphatic rings. The molecule has 0 atom stereocenters. The zero-order chi connectivity index (χ0) is 14.6. The van der Waals surface area contributed by atoms with Gasteiger partial charge in [-0.15, -0.1) is 0 Å². The minimum Gasteiger partial charge on any atom is -0.347 e. The second-order valence-electron chi connectivity index (χ2n) is 4.59. The van der Waals surface area contributed by atoms with E-state index in [4.69, 9.17) is 11.6 Å². The van der Waals surface area contributed by atoms with E-state index in [9.17, 15) is 13.2 Å². The lowest BCUT2D eigenvalue weighted by atomic mass is 10.1. The molecule has 0 aromatic carbocycles. The molecule has 0 amide bonds. The van der Waals surface area contributed by atoms with Crippen molar-refractivity contribution in [2.24, 2.45) is 0 Å². The van der Waals surface area contributed by atoms with Crippen molar-refractivity contribution in [2.45, 2.75) is 39.3 Å². The Morgan fingerprint density at radius 2 is 1.95 bits per heavy atom. The summed E-state index contributed by atoms with van der Waals surface area (Å²) in [5.74, 6) is 0.227. The van der Waals surface area contributed by atoms with Crippen LogP contribution < -0.4 is 4.90 Å². The van der Waals surface area contributed by atoms with E-state index in [0.29, 0.717) is 12.0 Å². The van der Waals surface area contributed by atoms with Crippen molar-refractivity contribution in [3.8, 4) is 0 Å². The molecule has 1 rings (SSSR count). The van der Waals surface area contributed by atoms with Crippen LogP contribution in [0.2, 0.25) is 5.15 Å². The molecule has 0 aliphatic heterocycles. The molecule has 0 radical (unpaired) electrons. The fourth-order valence-electron chi connectivity index (χ4n) is 1.86. The molecule has 7 heteroatoms. The van der Waals surface area contributed by atoms with Crippen LogP contribution in [0.1, 0.15) is 38.7 Å². The number of hydrogen-bond acceptors (Lipinski definition) is 3. The number of nitrogens with zero attached hydrogens (tertiary/aromatic N) is 3. The van der Waals surface area contributed by atoms with Crippen LogP contribution in [0.3, 0.4) is 0 Å². The van der Waals surface area contributed by atoms with Crippen molar-refractivity contribution in [3.63, 3.8) is 0 Å². The summed E-state index contributed by atoms with van der Waals surface area (Å²) in [5, 5.41) is 0.211. The first-order valence-corrected chi connectivity index (χ1v) is 6.46. The first-order valence-electron chi connectivity index (χ1n) is 6.08. The van der Waals surface area contributed by atoms with Gasteiger partial charge in [0.1, 0.15) is 23.8 Å². The predicted octanol–water partition coefficient (Wildman–Crippen LogP) is 4.03. The number of alkyl halides is 3. The quantitative estimate of drug-likeness (QED) is 0.768. The van der Waals surface area contributed by atoms with Crippen molar-refractivity contribution in [2.75, 3.05) is 18.0 Å². The second-order valence-corrected chi connectivity index (χ2v) is 4.95. The number of halogens is 4. The molecule has 3 nitrogen and oxygen atoms in total. The van der Waals surface area contributed by atoms with E-state index >= 15 is 0 Å². The van der Waals surface area contributed by atoms with Gasteiger partial charge in [0.15, 0.2) is 0 Å². The molecule has 0 fully saturated rings. The number of aromatic nitrogens is 2. The SMILES string of the molecule is CCCN(CC(F)(F)F)c1ncnc(Cl)c1C(C)C. The van der Waals surface area contributed by atoms with Gasteiger partial charge in [-0.25, -0.2) is 9.97 Å². The predicted molar refractivity (Wildman–Crippen MR) is 69.7 cm³/mol. The van der Waals surface area contributed by atoms with Crippen LogP contribution in [0.4, 0.5) is 19.0 Å². The number of rotatable bonds is 5. The lowest BCUT2D eigenvalue weighted by Gasteiger charge is -2.27. The minimum atomic E-state index is -4.28.